The van der Waals surface area contributed by atoms with E-state index < -0.39 is 23.2 Å². The number of carbonyl (C=O) groups is 2. The molecule has 11 heteroatoms. The maximum Gasteiger partial charge on any atom is 0.416 e. The summed E-state index contributed by atoms with van der Waals surface area (Å²) in [6.07, 6.45) is 0.472. The number of nitrogens with one attached hydrogen (secondary N) is 2. The van der Waals surface area contributed by atoms with E-state index in [4.69, 9.17) is 0 Å². The highest BCUT2D eigenvalue weighted by Gasteiger charge is 2.60. The van der Waals surface area contributed by atoms with Gasteiger partial charge in [-0.25, -0.2) is 0 Å². The van der Waals surface area contributed by atoms with Crippen LogP contribution in [0.5, 0.6) is 0 Å². The van der Waals surface area contributed by atoms with Crippen molar-refractivity contribution in [1.82, 2.24) is 15.2 Å². The zero-order chi connectivity index (χ0) is 24.8. The molecule has 3 fully saturated rings. The highest BCUT2D eigenvalue weighted by molar-refractivity contribution is 7.09. The molecule has 1 aromatic carbocycles. The fraction of sp³-hybridized carbons (Fsp3) is 0.542. The Morgan fingerprint density at radius 3 is 2.54 bits per heavy atom. The van der Waals surface area contributed by atoms with Crippen LogP contribution in [0.15, 0.2) is 36.0 Å². The fourth-order valence-electron chi connectivity index (χ4n) is 5.65. The van der Waals surface area contributed by atoms with Crippen LogP contribution in [0.1, 0.15) is 36.1 Å². The van der Waals surface area contributed by atoms with Gasteiger partial charge in [0.05, 0.1) is 22.5 Å². The molecule has 1 saturated heterocycles. The third-order valence-electron chi connectivity index (χ3n) is 7.61. The maximum atomic E-state index is 12.8. The number of amides is 2. The van der Waals surface area contributed by atoms with Crippen LogP contribution in [0.4, 0.5) is 18.9 Å². The first-order valence-corrected chi connectivity index (χ1v) is 12.6. The van der Waals surface area contributed by atoms with Crippen molar-refractivity contribution in [3.05, 3.63) is 46.4 Å². The van der Waals surface area contributed by atoms with Crippen molar-refractivity contribution in [1.29, 1.82) is 0 Å². The summed E-state index contributed by atoms with van der Waals surface area (Å²) in [7, 11) is 0. The van der Waals surface area contributed by atoms with E-state index >= 15 is 0 Å². The number of halogens is 3. The molecule has 2 aliphatic carbocycles. The third-order valence-corrected chi connectivity index (χ3v) is 8.58. The zero-order valence-electron chi connectivity index (χ0n) is 18.9. The number of likely N-dealkylation sites (tertiary alicyclic amines) is 1. The van der Waals surface area contributed by atoms with Gasteiger partial charge in [0, 0.05) is 36.9 Å². The lowest BCUT2D eigenvalue weighted by molar-refractivity contribution is -0.137. The van der Waals surface area contributed by atoms with Crippen LogP contribution < -0.4 is 10.6 Å². The SMILES string of the molecule is O=C(CNC(=O)C1[C@H]2CN(C3CCC(O)(c4cncs4)CC3)C[C@@H]12)Nc1cccc(C(F)(F)F)c1. The van der Waals surface area contributed by atoms with Crippen molar-refractivity contribution in [3.8, 4) is 0 Å². The monoisotopic (exact) mass is 508 g/mol. The van der Waals surface area contributed by atoms with Gasteiger partial charge in [0.25, 0.3) is 0 Å². The standard InChI is InChI=1S/C24H27F3N4O3S/c25-24(26,27)14-2-1-3-15(8-14)30-20(32)10-29-22(33)21-17-11-31(12-18(17)21)16-4-6-23(34,7-5-16)19-9-28-13-35-19/h1-3,8-9,13,16-18,21,34H,4-7,10-12H2,(H,29,33)(H,30,32)/t16?,17-,18+,21?,23?. The molecule has 188 valence electrons. The number of nitrogens with zero attached hydrogens (tertiary/aromatic N) is 2. The van der Waals surface area contributed by atoms with E-state index in [1.54, 1.807) is 11.7 Å². The van der Waals surface area contributed by atoms with Crippen molar-refractivity contribution in [2.75, 3.05) is 25.0 Å². The number of thiazole rings is 1. The lowest BCUT2D eigenvalue weighted by Crippen LogP contribution is -2.43. The molecule has 35 heavy (non-hydrogen) atoms. The third kappa shape index (κ3) is 5.07. The van der Waals surface area contributed by atoms with E-state index in [0.29, 0.717) is 18.9 Å². The number of rotatable bonds is 6. The van der Waals surface area contributed by atoms with E-state index in [1.807, 2.05) is 0 Å². The molecule has 1 unspecified atom stereocenters. The van der Waals surface area contributed by atoms with Gasteiger partial charge < -0.3 is 15.7 Å². The van der Waals surface area contributed by atoms with Crippen LogP contribution in [0.2, 0.25) is 0 Å². The van der Waals surface area contributed by atoms with Gasteiger partial charge in [0.15, 0.2) is 0 Å². The van der Waals surface area contributed by atoms with Gasteiger partial charge >= 0.3 is 6.18 Å². The van der Waals surface area contributed by atoms with Gasteiger partial charge in [-0.1, -0.05) is 6.07 Å². The largest absolute Gasteiger partial charge is 0.416 e. The minimum Gasteiger partial charge on any atom is -0.384 e. The summed E-state index contributed by atoms with van der Waals surface area (Å²) in [5.41, 5.74) is 0.152. The second-order valence-electron chi connectivity index (χ2n) is 9.78. The normalized spacial score (nSPS) is 30.5. The van der Waals surface area contributed by atoms with E-state index in [0.717, 1.165) is 42.9 Å². The van der Waals surface area contributed by atoms with Crippen LogP contribution in [0, 0.1) is 17.8 Å². The molecule has 2 heterocycles. The first-order chi connectivity index (χ1) is 16.6. The van der Waals surface area contributed by atoms with Gasteiger partial charge in [0.2, 0.25) is 11.8 Å². The molecule has 1 aromatic heterocycles. The molecule has 5 rings (SSSR count). The number of aromatic nitrogens is 1. The molecule has 2 saturated carbocycles. The quantitative estimate of drug-likeness (QED) is 0.557. The Balaban J connectivity index is 1.05. The van der Waals surface area contributed by atoms with Crippen LogP contribution >= 0.6 is 11.3 Å². The zero-order valence-corrected chi connectivity index (χ0v) is 19.7. The Bertz CT molecular complexity index is 1070. The number of aliphatic hydroxyl groups is 1. The van der Waals surface area contributed by atoms with Crippen LogP contribution in [-0.4, -0.2) is 52.5 Å². The Morgan fingerprint density at radius 1 is 1.20 bits per heavy atom. The highest BCUT2D eigenvalue weighted by Crippen LogP contribution is 2.53. The molecular formula is C24H27F3N4O3S. The molecule has 3 aliphatic rings. The smallest absolute Gasteiger partial charge is 0.384 e. The number of benzene rings is 1. The average Bonchev–Trinajstić information content (AvgIpc) is 3.19. The number of hydrogen-bond donors (Lipinski definition) is 3. The van der Waals surface area contributed by atoms with Crippen molar-refractivity contribution in [2.45, 2.75) is 43.5 Å². The Morgan fingerprint density at radius 2 is 1.91 bits per heavy atom. The molecule has 0 spiro atoms. The topological polar surface area (TPSA) is 94.6 Å². The number of hydrogen-bond acceptors (Lipinski definition) is 6. The predicted molar refractivity (Wildman–Crippen MR) is 123 cm³/mol. The molecule has 2 amide bonds. The van der Waals surface area contributed by atoms with E-state index in [1.165, 1.54) is 23.5 Å². The first-order valence-electron chi connectivity index (χ1n) is 11.7. The number of carbonyl (C=O) groups excluding carboxylic acids is 2. The van der Waals surface area contributed by atoms with E-state index in [2.05, 4.69) is 20.5 Å². The second-order valence-corrected chi connectivity index (χ2v) is 10.7. The second kappa shape index (κ2) is 9.18. The fourth-order valence-corrected chi connectivity index (χ4v) is 6.43. The molecule has 0 radical (unpaired) electrons. The minimum atomic E-state index is -4.49. The molecule has 2 aromatic rings. The Kier molecular flexibility index (Phi) is 6.35. The molecule has 3 atom stereocenters. The van der Waals surface area contributed by atoms with E-state index in [9.17, 15) is 27.9 Å². The number of piperidine rings is 1. The first kappa shape index (κ1) is 24.2. The summed E-state index contributed by atoms with van der Waals surface area (Å²) >= 11 is 1.49. The van der Waals surface area contributed by atoms with Crippen LogP contribution in [0.25, 0.3) is 0 Å². The Labute approximate surface area is 204 Å². The summed E-state index contributed by atoms with van der Waals surface area (Å²) in [5.74, 6) is -0.333. The molecule has 0 bridgehead atoms. The average molecular weight is 509 g/mol. The molecular weight excluding hydrogens is 481 g/mol. The van der Waals surface area contributed by atoms with Crippen LogP contribution in [0.3, 0.4) is 0 Å². The summed E-state index contributed by atoms with van der Waals surface area (Å²) in [6.45, 7) is 1.39. The summed E-state index contributed by atoms with van der Waals surface area (Å²) in [5, 5.41) is 16.0. The van der Waals surface area contributed by atoms with Gasteiger partial charge in [0.1, 0.15) is 5.60 Å². The van der Waals surface area contributed by atoms with Gasteiger partial charge in [-0.2, -0.15) is 13.2 Å². The summed E-state index contributed by atoms with van der Waals surface area (Å²) in [4.78, 5) is 32.1. The lowest BCUT2D eigenvalue weighted by Gasteiger charge is -2.39. The molecule has 1 aliphatic heterocycles. The van der Waals surface area contributed by atoms with Gasteiger partial charge in [-0.05, 0) is 55.7 Å². The Hall–Kier alpha value is -2.50. The lowest BCUT2D eigenvalue weighted by atomic mass is 9.81. The number of fused-ring (bicyclic) bond motifs is 1. The van der Waals surface area contributed by atoms with E-state index in [-0.39, 0.29) is 35.9 Å². The minimum absolute atomic E-state index is 0.0349. The summed E-state index contributed by atoms with van der Waals surface area (Å²) in [6, 6.07) is 4.79. The molecule has 3 N–H and O–H groups in total. The summed E-state index contributed by atoms with van der Waals surface area (Å²) < 4.78 is 38.5. The van der Waals surface area contributed by atoms with Crippen molar-refractivity contribution < 1.29 is 27.9 Å². The molecule has 7 nitrogen and oxygen atoms in total. The van der Waals surface area contributed by atoms with Crippen molar-refractivity contribution in [2.24, 2.45) is 17.8 Å². The maximum absolute atomic E-state index is 12.8. The predicted octanol–water partition coefficient (Wildman–Crippen LogP) is 3.22. The van der Waals surface area contributed by atoms with Crippen LogP contribution in [-0.2, 0) is 21.4 Å². The van der Waals surface area contributed by atoms with Gasteiger partial charge in [-0.15, -0.1) is 11.3 Å². The van der Waals surface area contributed by atoms with Crippen molar-refractivity contribution in [3.63, 3.8) is 0 Å². The van der Waals surface area contributed by atoms with Gasteiger partial charge in [-0.3, -0.25) is 19.5 Å². The number of anilines is 1. The number of alkyl halides is 3. The highest BCUT2D eigenvalue weighted by atomic mass is 32.1. The van der Waals surface area contributed by atoms with Crippen molar-refractivity contribution >= 4 is 28.8 Å².